The summed E-state index contributed by atoms with van der Waals surface area (Å²) >= 11 is 5.76. The van der Waals surface area contributed by atoms with E-state index in [4.69, 9.17) is 16.3 Å². The molecule has 1 fully saturated rings. The number of carbonyl (C=O) groups excluding carboxylic acids is 1. The number of carbonyl (C=O) groups is 1. The lowest BCUT2D eigenvalue weighted by molar-refractivity contribution is -0.132. The fourth-order valence-electron chi connectivity index (χ4n) is 2.89. The number of piperidine rings is 1. The highest BCUT2D eigenvalue weighted by Crippen LogP contribution is 2.27. The van der Waals surface area contributed by atoms with Gasteiger partial charge in [0.15, 0.2) is 11.6 Å². The number of hydrogen-bond acceptors (Lipinski definition) is 4. The minimum absolute atomic E-state index is 0.0277. The van der Waals surface area contributed by atoms with Crippen molar-refractivity contribution in [3.63, 3.8) is 0 Å². The third-order valence-electron chi connectivity index (χ3n) is 4.35. The Morgan fingerprint density at radius 3 is 2.73 bits per heavy atom. The number of halogens is 2. The van der Waals surface area contributed by atoms with Crippen molar-refractivity contribution < 1.29 is 13.9 Å². The number of likely N-dealkylation sites (tertiary alicyclic amines) is 1. The van der Waals surface area contributed by atoms with Gasteiger partial charge in [-0.2, -0.15) is 5.10 Å². The SMILES string of the molecule is Cn1nc(CC(=O)N2CCC(Oc3cccc(Cl)c3F)CC2)ccc1=O. The number of rotatable bonds is 4. The third-order valence-corrected chi connectivity index (χ3v) is 4.64. The van der Waals surface area contributed by atoms with Gasteiger partial charge in [0.2, 0.25) is 5.91 Å². The van der Waals surface area contributed by atoms with Gasteiger partial charge in [-0.25, -0.2) is 9.07 Å². The molecule has 1 saturated heterocycles. The van der Waals surface area contributed by atoms with Gasteiger partial charge in [0.1, 0.15) is 6.10 Å². The molecule has 2 aromatic rings. The Balaban J connectivity index is 1.54. The van der Waals surface area contributed by atoms with Crippen molar-refractivity contribution in [1.29, 1.82) is 0 Å². The number of hydrogen-bond donors (Lipinski definition) is 0. The van der Waals surface area contributed by atoms with E-state index in [0.717, 1.165) is 0 Å². The molecule has 2 heterocycles. The molecular weight excluding hydrogens is 361 g/mol. The van der Waals surface area contributed by atoms with Crippen LogP contribution < -0.4 is 10.3 Å². The van der Waals surface area contributed by atoms with E-state index in [1.54, 1.807) is 30.1 Å². The molecule has 0 N–H and O–H groups in total. The van der Waals surface area contributed by atoms with E-state index in [2.05, 4.69) is 5.10 Å². The number of benzene rings is 1. The Morgan fingerprint density at radius 1 is 1.31 bits per heavy atom. The third kappa shape index (κ3) is 4.22. The van der Waals surface area contributed by atoms with E-state index in [0.29, 0.717) is 31.6 Å². The van der Waals surface area contributed by atoms with Gasteiger partial charge in [0.05, 0.1) is 17.1 Å². The van der Waals surface area contributed by atoms with Crippen molar-refractivity contribution >= 4 is 17.5 Å². The maximum absolute atomic E-state index is 13.9. The van der Waals surface area contributed by atoms with Crippen LogP contribution in [0.4, 0.5) is 4.39 Å². The number of amides is 1. The van der Waals surface area contributed by atoms with Crippen molar-refractivity contribution in [3.8, 4) is 5.75 Å². The zero-order valence-electron chi connectivity index (χ0n) is 14.3. The van der Waals surface area contributed by atoms with Crippen LogP contribution in [0.5, 0.6) is 5.75 Å². The van der Waals surface area contributed by atoms with Crippen molar-refractivity contribution in [2.45, 2.75) is 25.4 Å². The molecule has 0 atom stereocenters. The van der Waals surface area contributed by atoms with E-state index < -0.39 is 5.82 Å². The molecule has 0 radical (unpaired) electrons. The zero-order chi connectivity index (χ0) is 18.7. The van der Waals surface area contributed by atoms with Crippen molar-refractivity contribution in [2.24, 2.45) is 7.05 Å². The van der Waals surface area contributed by atoms with Crippen molar-refractivity contribution in [3.05, 3.63) is 57.2 Å². The van der Waals surface area contributed by atoms with Crippen LogP contribution in [-0.2, 0) is 18.3 Å². The van der Waals surface area contributed by atoms with Crippen LogP contribution in [0.1, 0.15) is 18.5 Å². The summed E-state index contributed by atoms with van der Waals surface area (Å²) < 4.78 is 20.8. The summed E-state index contributed by atoms with van der Waals surface area (Å²) in [6, 6.07) is 7.62. The molecule has 0 spiro atoms. The number of aryl methyl sites for hydroxylation is 1. The summed E-state index contributed by atoms with van der Waals surface area (Å²) in [5.74, 6) is -0.478. The van der Waals surface area contributed by atoms with Gasteiger partial charge < -0.3 is 9.64 Å². The van der Waals surface area contributed by atoms with E-state index in [1.807, 2.05) is 0 Å². The molecule has 1 aliphatic heterocycles. The van der Waals surface area contributed by atoms with Gasteiger partial charge in [-0.05, 0) is 18.2 Å². The lowest BCUT2D eigenvalue weighted by atomic mass is 10.1. The molecule has 1 aliphatic rings. The average Bonchev–Trinajstić information content (AvgIpc) is 2.63. The predicted octanol–water partition coefficient (Wildman–Crippen LogP) is 2.19. The van der Waals surface area contributed by atoms with E-state index in [9.17, 15) is 14.0 Å². The number of nitrogens with zero attached hydrogens (tertiary/aromatic N) is 3. The highest BCUT2D eigenvalue weighted by molar-refractivity contribution is 6.30. The summed E-state index contributed by atoms with van der Waals surface area (Å²) in [5.41, 5.74) is 0.337. The lowest BCUT2D eigenvalue weighted by Gasteiger charge is -2.32. The van der Waals surface area contributed by atoms with Crippen LogP contribution >= 0.6 is 11.6 Å². The number of aromatic nitrogens is 2. The standard InChI is InChI=1S/C18H19ClFN3O3/c1-22-16(24)6-5-12(21-22)11-17(25)23-9-7-13(8-10-23)26-15-4-2-3-14(19)18(15)20/h2-6,13H,7-11H2,1H3. The molecule has 0 bridgehead atoms. The van der Waals surface area contributed by atoms with E-state index in [1.165, 1.54) is 16.8 Å². The quantitative estimate of drug-likeness (QED) is 0.816. The molecule has 1 amide bonds. The van der Waals surface area contributed by atoms with Gasteiger partial charge in [0, 0.05) is 39.0 Å². The summed E-state index contributed by atoms with van der Waals surface area (Å²) in [5, 5.41) is 4.10. The Morgan fingerprint density at radius 2 is 2.04 bits per heavy atom. The van der Waals surface area contributed by atoms with Crippen LogP contribution in [0.2, 0.25) is 5.02 Å². The normalized spacial score (nSPS) is 15.1. The molecule has 0 aliphatic carbocycles. The molecule has 0 unspecified atom stereocenters. The van der Waals surface area contributed by atoms with Crippen LogP contribution in [0.15, 0.2) is 35.1 Å². The fourth-order valence-corrected chi connectivity index (χ4v) is 3.06. The van der Waals surface area contributed by atoms with Crippen LogP contribution in [0.25, 0.3) is 0 Å². The first-order valence-corrected chi connectivity index (χ1v) is 8.73. The minimum atomic E-state index is -0.562. The minimum Gasteiger partial charge on any atom is -0.487 e. The Labute approximate surface area is 155 Å². The van der Waals surface area contributed by atoms with Gasteiger partial charge in [-0.3, -0.25) is 9.59 Å². The summed E-state index contributed by atoms with van der Waals surface area (Å²) in [7, 11) is 1.55. The Hall–Kier alpha value is -2.41. The Kier molecular flexibility index (Phi) is 5.56. The topological polar surface area (TPSA) is 64.4 Å². The second-order valence-electron chi connectivity index (χ2n) is 6.21. The second kappa shape index (κ2) is 7.86. The van der Waals surface area contributed by atoms with Crippen LogP contribution in [-0.4, -0.2) is 39.8 Å². The van der Waals surface area contributed by atoms with Gasteiger partial charge >= 0.3 is 0 Å². The van der Waals surface area contributed by atoms with Gasteiger partial charge in [0.25, 0.3) is 5.56 Å². The molecule has 3 rings (SSSR count). The molecule has 8 heteroatoms. The second-order valence-corrected chi connectivity index (χ2v) is 6.62. The first-order valence-electron chi connectivity index (χ1n) is 8.35. The summed E-state index contributed by atoms with van der Waals surface area (Å²) in [6.07, 6.45) is 1.20. The van der Waals surface area contributed by atoms with Gasteiger partial charge in [-0.15, -0.1) is 0 Å². The van der Waals surface area contributed by atoms with Gasteiger partial charge in [-0.1, -0.05) is 17.7 Å². The molecule has 26 heavy (non-hydrogen) atoms. The summed E-state index contributed by atoms with van der Waals surface area (Å²) in [4.78, 5) is 25.5. The van der Waals surface area contributed by atoms with Crippen LogP contribution in [0.3, 0.4) is 0 Å². The fraction of sp³-hybridized carbons (Fsp3) is 0.389. The van der Waals surface area contributed by atoms with E-state index >= 15 is 0 Å². The first-order chi connectivity index (χ1) is 12.4. The monoisotopic (exact) mass is 379 g/mol. The first kappa shape index (κ1) is 18.4. The molecule has 0 saturated carbocycles. The molecule has 6 nitrogen and oxygen atoms in total. The smallest absolute Gasteiger partial charge is 0.266 e. The van der Waals surface area contributed by atoms with Crippen LogP contribution in [0, 0.1) is 5.82 Å². The highest BCUT2D eigenvalue weighted by Gasteiger charge is 2.25. The predicted molar refractivity (Wildman–Crippen MR) is 94.8 cm³/mol. The maximum Gasteiger partial charge on any atom is 0.266 e. The number of ether oxygens (including phenoxy) is 1. The maximum atomic E-state index is 13.9. The lowest BCUT2D eigenvalue weighted by Crippen LogP contribution is -2.42. The van der Waals surface area contributed by atoms with E-state index in [-0.39, 0.29) is 34.8 Å². The molecule has 138 valence electrons. The zero-order valence-corrected chi connectivity index (χ0v) is 15.1. The summed E-state index contributed by atoms with van der Waals surface area (Å²) in [6.45, 7) is 1.05. The Bertz CT molecular complexity index is 863. The average molecular weight is 380 g/mol. The molecule has 1 aromatic carbocycles. The molecule has 1 aromatic heterocycles. The van der Waals surface area contributed by atoms with Crippen molar-refractivity contribution in [2.75, 3.05) is 13.1 Å². The highest BCUT2D eigenvalue weighted by atomic mass is 35.5. The molecular formula is C18H19ClFN3O3. The van der Waals surface area contributed by atoms with Crippen molar-refractivity contribution in [1.82, 2.24) is 14.7 Å². The largest absolute Gasteiger partial charge is 0.487 e.